The van der Waals surface area contributed by atoms with Crippen molar-refractivity contribution in [3.8, 4) is 0 Å². The molecule has 1 fully saturated rings. The lowest BCUT2D eigenvalue weighted by Gasteiger charge is -2.13. The van der Waals surface area contributed by atoms with E-state index in [-0.39, 0.29) is 0 Å². The van der Waals surface area contributed by atoms with Crippen molar-refractivity contribution >= 4 is 27.7 Å². The summed E-state index contributed by atoms with van der Waals surface area (Å²) in [6.45, 7) is 3.68. The molecule has 1 unspecified atom stereocenters. The molecule has 0 bridgehead atoms. The van der Waals surface area contributed by atoms with Crippen LogP contribution in [0.25, 0.3) is 0 Å². The smallest absolute Gasteiger partial charge is 0.0285 e. The number of halogens is 1. The summed E-state index contributed by atoms with van der Waals surface area (Å²) in [5, 5.41) is 0. The van der Waals surface area contributed by atoms with Crippen molar-refractivity contribution in [2.45, 2.75) is 16.1 Å². The molecule has 1 aromatic rings. The Labute approximate surface area is 104 Å². The van der Waals surface area contributed by atoms with Gasteiger partial charge in [0.05, 0.1) is 0 Å². The normalized spacial score (nSPS) is 22.1. The first-order valence-corrected chi connectivity index (χ1v) is 7.29. The molecule has 0 spiro atoms. The average molecular weight is 286 g/mol. The van der Waals surface area contributed by atoms with Crippen LogP contribution in [0.3, 0.4) is 0 Å². The molecular formula is C12H16BrNS. The lowest BCUT2D eigenvalue weighted by atomic mass is 10.4. The maximum atomic E-state index is 3.67. The second-order valence-corrected chi connectivity index (χ2v) is 6.31. The summed E-state index contributed by atoms with van der Waals surface area (Å²) < 4.78 is 0. The van der Waals surface area contributed by atoms with Gasteiger partial charge in [0.2, 0.25) is 0 Å². The van der Waals surface area contributed by atoms with Crippen molar-refractivity contribution in [2.24, 2.45) is 0 Å². The number of alkyl halides is 1. The molecule has 1 aliphatic rings. The number of thioether (sulfide) groups is 1. The van der Waals surface area contributed by atoms with E-state index < -0.39 is 0 Å². The minimum Gasteiger partial charge on any atom is -0.301 e. The van der Waals surface area contributed by atoms with Gasteiger partial charge in [-0.05, 0) is 25.1 Å². The second-order valence-electron chi connectivity index (χ2n) is 3.85. The third-order valence-corrected chi connectivity index (χ3v) is 4.37. The van der Waals surface area contributed by atoms with Crippen molar-refractivity contribution in [2.75, 3.05) is 25.4 Å². The molecule has 3 heteroatoms. The highest BCUT2D eigenvalue weighted by atomic mass is 79.9. The molecule has 82 valence electrons. The van der Waals surface area contributed by atoms with E-state index in [0.717, 1.165) is 4.83 Å². The van der Waals surface area contributed by atoms with Gasteiger partial charge < -0.3 is 4.90 Å². The Morgan fingerprint density at radius 3 is 2.80 bits per heavy atom. The van der Waals surface area contributed by atoms with Gasteiger partial charge in [-0.2, -0.15) is 0 Å². The summed E-state index contributed by atoms with van der Waals surface area (Å²) in [5.41, 5.74) is 0. The Hall–Kier alpha value is 0.0100. The maximum Gasteiger partial charge on any atom is 0.0285 e. The second kappa shape index (κ2) is 5.92. The van der Waals surface area contributed by atoms with Crippen LogP contribution >= 0.6 is 27.7 Å². The molecule has 1 aliphatic heterocycles. The number of rotatable bonds is 4. The van der Waals surface area contributed by atoms with Gasteiger partial charge in [-0.15, -0.1) is 11.8 Å². The van der Waals surface area contributed by atoms with Crippen LogP contribution in [0.15, 0.2) is 35.2 Å². The number of likely N-dealkylation sites (tertiary alicyclic amines) is 1. The Kier molecular flexibility index (Phi) is 4.54. The average Bonchev–Trinajstić information content (AvgIpc) is 2.66. The predicted octanol–water partition coefficient (Wildman–Crippen LogP) is 3.25. The number of benzene rings is 1. The van der Waals surface area contributed by atoms with E-state index in [1.54, 1.807) is 0 Å². The molecule has 0 saturated carbocycles. The van der Waals surface area contributed by atoms with Crippen molar-refractivity contribution in [3.63, 3.8) is 0 Å². The van der Waals surface area contributed by atoms with Gasteiger partial charge >= 0.3 is 0 Å². The van der Waals surface area contributed by atoms with Crippen LogP contribution in [-0.2, 0) is 0 Å². The molecule has 0 amide bonds. The van der Waals surface area contributed by atoms with E-state index in [0.29, 0.717) is 0 Å². The molecule has 1 heterocycles. The highest BCUT2D eigenvalue weighted by Crippen LogP contribution is 2.20. The summed E-state index contributed by atoms with van der Waals surface area (Å²) in [6, 6.07) is 10.6. The third-order valence-electron chi connectivity index (χ3n) is 2.63. The molecule has 1 atom stereocenters. The van der Waals surface area contributed by atoms with E-state index in [2.05, 4.69) is 51.2 Å². The molecule has 1 aromatic carbocycles. The zero-order valence-corrected chi connectivity index (χ0v) is 11.1. The summed E-state index contributed by atoms with van der Waals surface area (Å²) in [6.07, 6.45) is 1.30. The van der Waals surface area contributed by atoms with Crippen LogP contribution in [0.1, 0.15) is 6.42 Å². The van der Waals surface area contributed by atoms with E-state index in [4.69, 9.17) is 0 Å². The molecule has 0 aromatic heterocycles. The first-order chi connectivity index (χ1) is 7.34. The van der Waals surface area contributed by atoms with Crippen molar-refractivity contribution < 1.29 is 0 Å². The number of nitrogens with zero attached hydrogens (tertiary/aromatic N) is 1. The number of hydrogen-bond donors (Lipinski definition) is 0. The Morgan fingerprint density at radius 2 is 2.13 bits per heavy atom. The highest BCUT2D eigenvalue weighted by Gasteiger charge is 2.18. The van der Waals surface area contributed by atoms with Gasteiger partial charge in [0, 0.05) is 28.6 Å². The molecule has 1 nitrogen and oxygen atoms in total. The maximum absolute atomic E-state index is 3.67. The van der Waals surface area contributed by atoms with E-state index >= 15 is 0 Å². The SMILES string of the molecule is BrC1CCN(CCSc2ccccc2)C1. The van der Waals surface area contributed by atoms with Gasteiger partial charge in [-0.3, -0.25) is 0 Å². The Balaban J connectivity index is 1.67. The highest BCUT2D eigenvalue weighted by molar-refractivity contribution is 9.09. The fourth-order valence-electron chi connectivity index (χ4n) is 1.80. The molecule has 0 aliphatic carbocycles. The summed E-state index contributed by atoms with van der Waals surface area (Å²) >= 11 is 5.62. The van der Waals surface area contributed by atoms with E-state index in [1.165, 1.54) is 36.7 Å². The predicted molar refractivity (Wildman–Crippen MR) is 70.9 cm³/mol. The van der Waals surface area contributed by atoms with Gasteiger partial charge in [0.15, 0.2) is 0 Å². The first kappa shape index (κ1) is 11.5. The topological polar surface area (TPSA) is 3.24 Å². The van der Waals surface area contributed by atoms with Gasteiger partial charge in [-0.25, -0.2) is 0 Å². The van der Waals surface area contributed by atoms with Crippen LogP contribution in [-0.4, -0.2) is 35.1 Å². The molecule has 0 N–H and O–H groups in total. The van der Waals surface area contributed by atoms with Gasteiger partial charge in [0.25, 0.3) is 0 Å². The van der Waals surface area contributed by atoms with Crippen molar-refractivity contribution in [1.82, 2.24) is 4.90 Å². The third kappa shape index (κ3) is 3.82. The van der Waals surface area contributed by atoms with E-state index in [1.807, 2.05) is 11.8 Å². The minimum atomic E-state index is 0.722. The lowest BCUT2D eigenvalue weighted by Crippen LogP contribution is -2.23. The van der Waals surface area contributed by atoms with Crippen molar-refractivity contribution in [1.29, 1.82) is 0 Å². The van der Waals surface area contributed by atoms with Gasteiger partial charge in [-0.1, -0.05) is 34.1 Å². The summed E-state index contributed by atoms with van der Waals surface area (Å²) in [7, 11) is 0. The van der Waals surface area contributed by atoms with Crippen molar-refractivity contribution in [3.05, 3.63) is 30.3 Å². The minimum absolute atomic E-state index is 0.722. The van der Waals surface area contributed by atoms with Gasteiger partial charge in [0.1, 0.15) is 0 Å². The Bertz CT molecular complexity index is 291. The fraction of sp³-hybridized carbons (Fsp3) is 0.500. The van der Waals surface area contributed by atoms with Crippen LogP contribution in [0.4, 0.5) is 0 Å². The zero-order valence-electron chi connectivity index (χ0n) is 8.73. The molecule has 2 rings (SSSR count). The van der Waals surface area contributed by atoms with Crippen LogP contribution < -0.4 is 0 Å². The van der Waals surface area contributed by atoms with Crippen LogP contribution in [0.2, 0.25) is 0 Å². The molecule has 1 saturated heterocycles. The Morgan fingerprint density at radius 1 is 1.33 bits per heavy atom. The lowest BCUT2D eigenvalue weighted by molar-refractivity contribution is 0.363. The monoisotopic (exact) mass is 285 g/mol. The molecular weight excluding hydrogens is 270 g/mol. The largest absolute Gasteiger partial charge is 0.301 e. The molecule has 0 radical (unpaired) electrons. The van der Waals surface area contributed by atoms with Crippen LogP contribution in [0, 0.1) is 0 Å². The zero-order chi connectivity index (χ0) is 10.5. The summed E-state index contributed by atoms with van der Waals surface area (Å²) in [5.74, 6) is 1.20. The fourth-order valence-corrected chi connectivity index (χ4v) is 3.35. The van der Waals surface area contributed by atoms with E-state index in [9.17, 15) is 0 Å². The molecule has 15 heavy (non-hydrogen) atoms. The quantitative estimate of drug-likeness (QED) is 0.617. The van der Waals surface area contributed by atoms with Crippen LogP contribution in [0.5, 0.6) is 0 Å². The first-order valence-electron chi connectivity index (χ1n) is 5.39. The number of hydrogen-bond acceptors (Lipinski definition) is 2. The summed E-state index contributed by atoms with van der Waals surface area (Å²) in [4.78, 5) is 4.64. The standard InChI is InChI=1S/C12H16BrNS/c13-11-6-7-14(10-11)8-9-15-12-4-2-1-3-5-12/h1-5,11H,6-10H2.